The highest BCUT2D eigenvalue weighted by molar-refractivity contribution is 7.12. The molecule has 1 amide bonds. The van der Waals surface area contributed by atoms with Crippen molar-refractivity contribution in [3.63, 3.8) is 0 Å². The normalized spacial score (nSPS) is 10.6. The third kappa shape index (κ3) is 4.46. The van der Waals surface area contributed by atoms with Crippen molar-refractivity contribution in [2.24, 2.45) is 0 Å². The van der Waals surface area contributed by atoms with E-state index in [4.69, 9.17) is 4.74 Å². The van der Waals surface area contributed by atoms with E-state index in [1.165, 1.54) is 16.9 Å². The quantitative estimate of drug-likeness (QED) is 0.626. The first-order chi connectivity index (χ1) is 12.5. The molecule has 3 rings (SSSR count). The first kappa shape index (κ1) is 18.1. The van der Waals surface area contributed by atoms with E-state index in [1.807, 2.05) is 24.3 Å². The minimum Gasteiger partial charge on any atom is -0.489 e. The van der Waals surface area contributed by atoms with Gasteiger partial charge in [-0.05, 0) is 47.7 Å². The molecule has 0 bridgehead atoms. The van der Waals surface area contributed by atoms with Crippen LogP contribution < -0.4 is 10.1 Å². The summed E-state index contributed by atoms with van der Waals surface area (Å²) in [6, 6.07) is 12.4. The number of benzene rings is 2. The van der Waals surface area contributed by atoms with E-state index in [2.05, 4.69) is 12.2 Å². The summed E-state index contributed by atoms with van der Waals surface area (Å²) >= 11 is 1.22. The van der Waals surface area contributed by atoms with Crippen molar-refractivity contribution in [2.75, 3.05) is 5.32 Å². The fraction of sp³-hybridized carbons (Fsp3) is 0.150. The van der Waals surface area contributed by atoms with Crippen molar-refractivity contribution in [3.8, 4) is 5.75 Å². The predicted octanol–water partition coefficient (Wildman–Crippen LogP) is 5.42. The van der Waals surface area contributed by atoms with E-state index in [0.717, 1.165) is 35.9 Å². The number of amides is 1. The SMILES string of the molecule is CCc1ccc(OCc2csc(C(=O)Nc3cc(F)ccc3F)c2)cc1. The highest BCUT2D eigenvalue weighted by atomic mass is 32.1. The van der Waals surface area contributed by atoms with Crippen molar-refractivity contribution in [1.82, 2.24) is 0 Å². The van der Waals surface area contributed by atoms with Gasteiger partial charge in [-0.3, -0.25) is 4.79 Å². The van der Waals surface area contributed by atoms with Crippen LogP contribution in [0.15, 0.2) is 53.9 Å². The zero-order chi connectivity index (χ0) is 18.5. The van der Waals surface area contributed by atoms with E-state index in [9.17, 15) is 13.6 Å². The maximum Gasteiger partial charge on any atom is 0.265 e. The Morgan fingerprint density at radius 1 is 1.08 bits per heavy atom. The molecule has 1 N–H and O–H groups in total. The molecule has 6 heteroatoms. The van der Waals surface area contributed by atoms with Crippen molar-refractivity contribution in [2.45, 2.75) is 20.0 Å². The number of nitrogens with one attached hydrogen (secondary N) is 1. The van der Waals surface area contributed by atoms with Gasteiger partial charge in [0.05, 0.1) is 10.6 Å². The standard InChI is InChI=1S/C20H17F2NO2S/c1-2-13-3-6-16(7-4-13)25-11-14-9-19(26-12-14)20(24)23-18-10-15(21)5-8-17(18)22/h3-10,12H,2,11H2,1H3,(H,23,24). The molecule has 3 aromatic rings. The lowest BCUT2D eigenvalue weighted by atomic mass is 10.2. The van der Waals surface area contributed by atoms with Gasteiger partial charge in [-0.25, -0.2) is 8.78 Å². The maximum atomic E-state index is 13.6. The van der Waals surface area contributed by atoms with Gasteiger partial charge in [0.2, 0.25) is 0 Å². The molecular formula is C20H17F2NO2S. The first-order valence-corrected chi connectivity index (χ1v) is 8.98. The molecule has 0 spiro atoms. The van der Waals surface area contributed by atoms with Crippen LogP contribution in [0, 0.1) is 11.6 Å². The summed E-state index contributed by atoms with van der Waals surface area (Å²) in [6.07, 6.45) is 0.967. The second kappa shape index (κ2) is 8.10. The van der Waals surface area contributed by atoms with Crippen molar-refractivity contribution >= 4 is 22.9 Å². The summed E-state index contributed by atoms with van der Waals surface area (Å²) in [6.45, 7) is 2.41. The number of carbonyl (C=O) groups excluding carboxylic acids is 1. The molecule has 2 aromatic carbocycles. The van der Waals surface area contributed by atoms with Crippen LogP contribution in [0.1, 0.15) is 27.7 Å². The molecule has 0 aliphatic heterocycles. The van der Waals surface area contributed by atoms with Gasteiger partial charge in [0.1, 0.15) is 24.0 Å². The first-order valence-electron chi connectivity index (χ1n) is 8.10. The Balaban J connectivity index is 1.61. The minimum absolute atomic E-state index is 0.183. The molecule has 0 atom stereocenters. The van der Waals surface area contributed by atoms with Crippen LogP contribution in [0.2, 0.25) is 0 Å². The van der Waals surface area contributed by atoms with Crippen LogP contribution in [0.4, 0.5) is 14.5 Å². The molecule has 0 saturated carbocycles. The maximum absolute atomic E-state index is 13.6. The molecule has 0 unspecified atom stereocenters. The topological polar surface area (TPSA) is 38.3 Å². The number of thiophene rings is 1. The minimum atomic E-state index is -0.685. The summed E-state index contributed by atoms with van der Waals surface area (Å²) in [7, 11) is 0. The largest absolute Gasteiger partial charge is 0.489 e. The van der Waals surface area contributed by atoms with Gasteiger partial charge in [-0.2, -0.15) is 0 Å². The second-order valence-electron chi connectivity index (χ2n) is 5.68. The average Bonchev–Trinajstić information content (AvgIpc) is 3.12. The Hall–Kier alpha value is -2.73. The monoisotopic (exact) mass is 373 g/mol. The van der Waals surface area contributed by atoms with Crippen LogP contribution in [-0.4, -0.2) is 5.91 Å². The van der Waals surface area contributed by atoms with Gasteiger partial charge < -0.3 is 10.1 Å². The molecule has 1 heterocycles. The number of carbonyl (C=O) groups is 1. The Labute approximate surface area is 154 Å². The molecule has 0 saturated heterocycles. The molecule has 3 nitrogen and oxygen atoms in total. The van der Waals surface area contributed by atoms with Gasteiger partial charge >= 0.3 is 0 Å². The van der Waals surface area contributed by atoms with E-state index in [1.54, 1.807) is 11.4 Å². The van der Waals surface area contributed by atoms with E-state index in [0.29, 0.717) is 11.5 Å². The Morgan fingerprint density at radius 3 is 2.58 bits per heavy atom. The average molecular weight is 373 g/mol. The highest BCUT2D eigenvalue weighted by Gasteiger charge is 2.13. The Bertz CT molecular complexity index is 906. The number of ether oxygens (including phenoxy) is 1. The molecule has 0 aliphatic carbocycles. The molecule has 0 aliphatic rings. The summed E-state index contributed by atoms with van der Waals surface area (Å²) in [5, 5.41) is 4.19. The molecule has 0 radical (unpaired) electrons. The van der Waals surface area contributed by atoms with Crippen LogP contribution >= 0.6 is 11.3 Å². The zero-order valence-electron chi connectivity index (χ0n) is 14.1. The summed E-state index contributed by atoms with van der Waals surface area (Å²) in [5.74, 6) is -1.04. The van der Waals surface area contributed by atoms with E-state index < -0.39 is 17.5 Å². The fourth-order valence-electron chi connectivity index (χ4n) is 2.34. The van der Waals surface area contributed by atoms with Gasteiger partial charge in [-0.15, -0.1) is 11.3 Å². The van der Waals surface area contributed by atoms with Crippen LogP contribution in [0.3, 0.4) is 0 Å². The second-order valence-corrected chi connectivity index (χ2v) is 6.59. The highest BCUT2D eigenvalue weighted by Crippen LogP contribution is 2.21. The fourth-order valence-corrected chi connectivity index (χ4v) is 3.13. The lowest BCUT2D eigenvalue weighted by Gasteiger charge is -2.06. The summed E-state index contributed by atoms with van der Waals surface area (Å²) in [4.78, 5) is 12.6. The molecule has 0 fully saturated rings. The molecule has 134 valence electrons. The molecular weight excluding hydrogens is 356 g/mol. The van der Waals surface area contributed by atoms with Crippen molar-refractivity contribution < 1.29 is 18.3 Å². The molecule has 1 aromatic heterocycles. The number of rotatable bonds is 6. The van der Waals surface area contributed by atoms with Crippen LogP contribution in [0.25, 0.3) is 0 Å². The number of hydrogen-bond donors (Lipinski definition) is 1. The summed E-state index contributed by atoms with van der Waals surface area (Å²) in [5.41, 5.74) is 1.88. The van der Waals surface area contributed by atoms with Gasteiger partial charge in [0.15, 0.2) is 0 Å². The number of aryl methyl sites for hydroxylation is 1. The van der Waals surface area contributed by atoms with E-state index >= 15 is 0 Å². The third-order valence-corrected chi connectivity index (χ3v) is 4.77. The van der Waals surface area contributed by atoms with Crippen molar-refractivity contribution in [1.29, 1.82) is 0 Å². The summed E-state index contributed by atoms with van der Waals surface area (Å²) < 4.78 is 32.5. The number of anilines is 1. The number of hydrogen-bond acceptors (Lipinski definition) is 3. The Kier molecular flexibility index (Phi) is 5.63. The predicted molar refractivity (Wildman–Crippen MR) is 98.8 cm³/mol. The van der Waals surface area contributed by atoms with Gasteiger partial charge in [0, 0.05) is 11.6 Å². The third-order valence-electron chi connectivity index (χ3n) is 3.79. The number of halogens is 2. The van der Waals surface area contributed by atoms with E-state index in [-0.39, 0.29) is 5.69 Å². The zero-order valence-corrected chi connectivity index (χ0v) is 14.9. The lowest BCUT2D eigenvalue weighted by molar-refractivity contribution is 0.103. The van der Waals surface area contributed by atoms with Crippen molar-refractivity contribution in [3.05, 3.63) is 81.5 Å². The van der Waals surface area contributed by atoms with Crippen LogP contribution in [0.5, 0.6) is 5.75 Å². The molecule has 26 heavy (non-hydrogen) atoms. The van der Waals surface area contributed by atoms with Gasteiger partial charge in [-0.1, -0.05) is 19.1 Å². The smallest absolute Gasteiger partial charge is 0.265 e. The van der Waals surface area contributed by atoms with Crippen LogP contribution in [-0.2, 0) is 13.0 Å². The lowest BCUT2D eigenvalue weighted by Crippen LogP contribution is -2.11. The van der Waals surface area contributed by atoms with Gasteiger partial charge in [0.25, 0.3) is 5.91 Å². The Morgan fingerprint density at radius 2 is 1.85 bits per heavy atom.